The first-order chi connectivity index (χ1) is 12.2. The summed E-state index contributed by atoms with van der Waals surface area (Å²) in [4.78, 5) is 11.8. The first kappa shape index (κ1) is 19.9. The molecule has 0 saturated carbocycles. The molecule has 2 rings (SSSR count). The molecular formula is C17H18ClNO6S. The summed E-state index contributed by atoms with van der Waals surface area (Å²) >= 11 is 5.91. The Morgan fingerprint density at radius 3 is 2.08 bits per heavy atom. The van der Waals surface area contributed by atoms with E-state index >= 15 is 0 Å². The number of ether oxygens (including phenoxy) is 3. The molecule has 2 aromatic rings. The minimum Gasteiger partial charge on any atom is -0.495 e. The monoisotopic (exact) mass is 399 g/mol. The Bertz CT molecular complexity index is 943. The minimum absolute atomic E-state index is 0.0529. The van der Waals surface area contributed by atoms with E-state index in [9.17, 15) is 13.2 Å². The lowest BCUT2D eigenvalue weighted by Gasteiger charge is -2.16. The van der Waals surface area contributed by atoms with E-state index in [1.807, 2.05) is 0 Å². The van der Waals surface area contributed by atoms with Gasteiger partial charge in [0, 0.05) is 16.7 Å². The van der Waals surface area contributed by atoms with E-state index in [-0.39, 0.29) is 38.5 Å². The predicted molar refractivity (Wildman–Crippen MR) is 98.4 cm³/mol. The number of sulfonamides is 1. The van der Waals surface area contributed by atoms with Gasteiger partial charge in [-0.05, 0) is 31.2 Å². The maximum absolute atomic E-state index is 12.8. The highest BCUT2D eigenvalue weighted by Crippen LogP contribution is 2.36. The van der Waals surface area contributed by atoms with Crippen molar-refractivity contribution in [2.45, 2.75) is 11.8 Å². The third kappa shape index (κ3) is 4.03. The average Bonchev–Trinajstić information content (AvgIpc) is 2.60. The molecule has 2 aromatic carbocycles. The second-order valence-electron chi connectivity index (χ2n) is 5.21. The SMILES string of the molecule is COc1cc(NS(=O)(=O)c2cc(Cl)ccc2OC)c(C(C)=O)cc1OC. The van der Waals surface area contributed by atoms with E-state index < -0.39 is 10.0 Å². The Kier molecular flexibility index (Phi) is 5.99. The van der Waals surface area contributed by atoms with Crippen LogP contribution in [0.15, 0.2) is 35.2 Å². The Hall–Kier alpha value is -2.45. The standard InChI is InChI=1S/C17H18ClNO6S/c1-10(20)12-8-15(24-3)16(25-4)9-13(12)19-26(21,22)17-7-11(18)5-6-14(17)23-2/h5-9,19H,1-4H3. The first-order valence-corrected chi connectivity index (χ1v) is 9.23. The molecule has 0 bridgehead atoms. The van der Waals surface area contributed by atoms with Gasteiger partial charge < -0.3 is 14.2 Å². The molecule has 9 heteroatoms. The van der Waals surface area contributed by atoms with Crippen LogP contribution in [-0.2, 0) is 10.0 Å². The van der Waals surface area contributed by atoms with Crippen molar-refractivity contribution in [3.8, 4) is 17.2 Å². The molecule has 7 nitrogen and oxygen atoms in total. The largest absolute Gasteiger partial charge is 0.495 e. The van der Waals surface area contributed by atoms with Crippen molar-refractivity contribution in [1.82, 2.24) is 0 Å². The second kappa shape index (κ2) is 7.84. The molecule has 1 N–H and O–H groups in total. The molecule has 0 unspecified atom stereocenters. The molecule has 140 valence electrons. The average molecular weight is 400 g/mol. The summed E-state index contributed by atoms with van der Waals surface area (Å²) in [6.07, 6.45) is 0. The number of nitrogens with one attached hydrogen (secondary N) is 1. The fraction of sp³-hybridized carbons (Fsp3) is 0.235. The number of carbonyl (C=O) groups is 1. The Balaban J connectivity index is 2.59. The number of rotatable bonds is 7. The lowest BCUT2D eigenvalue weighted by atomic mass is 10.1. The summed E-state index contributed by atoms with van der Waals surface area (Å²) < 4.78 is 43.5. The number of Topliss-reactive ketones (excluding diaryl/α,β-unsaturated/α-hetero) is 1. The van der Waals surface area contributed by atoms with Gasteiger partial charge in [0.2, 0.25) is 0 Å². The second-order valence-corrected chi connectivity index (χ2v) is 7.30. The highest BCUT2D eigenvalue weighted by atomic mass is 35.5. The van der Waals surface area contributed by atoms with Gasteiger partial charge in [-0.15, -0.1) is 0 Å². The molecule has 0 spiro atoms. The Morgan fingerprint density at radius 2 is 1.54 bits per heavy atom. The van der Waals surface area contributed by atoms with Gasteiger partial charge in [0.05, 0.1) is 27.0 Å². The summed E-state index contributed by atoms with van der Waals surface area (Å²) in [7, 11) is 0.0851. The summed E-state index contributed by atoms with van der Waals surface area (Å²) in [5, 5.41) is 0.227. The third-order valence-electron chi connectivity index (χ3n) is 3.56. The van der Waals surface area contributed by atoms with Crippen molar-refractivity contribution < 1.29 is 27.4 Å². The van der Waals surface area contributed by atoms with E-state index in [1.54, 1.807) is 0 Å². The first-order valence-electron chi connectivity index (χ1n) is 7.36. The van der Waals surface area contributed by atoms with E-state index in [4.69, 9.17) is 25.8 Å². The predicted octanol–water partition coefficient (Wildman–Crippen LogP) is 3.37. The molecule has 0 amide bonds. The summed E-state index contributed by atoms with van der Waals surface area (Å²) in [5.41, 5.74) is 0.185. The number of methoxy groups -OCH3 is 3. The van der Waals surface area contributed by atoms with Gasteiger partial charge in [0.25, 0.3) is 10.0 Å². The normalized spacial score (nSPS) is 11.0. The molecular weight excluding hydrogens is 382 g/mol. The van der Waals surface area contributed by atoms with Crippen molar-refractivity contribution in [3.63, 3.8) is 0 Å². The molecule has 0 saturated heterocycles. The Morgan fingerprint density at radius 1 is 0.962 bits per heavy atom. The van der Waals surface area contributed by atoms with Gasteiger partial charge in [0.15, 0.2) is 17.3 Å². The van der Waals surface area contributed by atoms with Crippen LogP contribution in [0.2, 0.25) is 5.02 Å². The highest BCUT2D eigenvalue weighted by Gasteiger charge is 2.23. The zero-order valence-electron chi connectivity index (χ0n) is 14.6. The lowest BCUT2D eigenvalue weighted by molar-refractivity contribution is 0.101. The maximum Gasteiger partial charge on any atom is 0.265 e. The number of benzene rings is 2. The van der Waals surface area contributed by atoms with Gasteiger partial charge in [0.1, 0.15) is 10.6 Å². The quantitative estimate of drug-likeness (QED) is 0.718. The topological polar surface area (TPSA) is 90.9 Å². The van der Waals surface area contributed by atoms with Crippen LogP contribution in [0.25, 0.3) is 0 Å². The van der Waals surface area contributed by atoms with Crippen molar-refractivity contribution in [2.75, 3.05) is 26.1 Å². The lowest BCUT2D eigenvalue weighted by Crippen LogP contribution is -2.16. The van der Waals surface area contributed by atoms with Gasteiger partial charge >= 0.3 is 0 Å². The van der Waals surface area contributed by atoms with Crippen molar-refractivity contribution >= 4 is 33.1 Å². The van der Waals surface area contributed by atoms with Crippen LogP contribution in [0.3, 0.4) is 0 Å². The zero-order chi connectivity index (χ0) is 19.5. The van der Waals surface area contributed by atoms with Crippen LogP contribution in [0.4, 0.5) is 5.69 Å². The van der Waals surface area contributed by atoms with Crippen molar-refractivity contribution in [3.05, 3.63) is 40.9 Å². The van der Waals surface area contributed by atoms with Gasteiger partial charge in [-0.3, -0.25) is 9.52 Å². The molecule has 0 aliphatic heterocycles. The van der Waals surface area contributed by atoms with Crippen LogP contribution < -0.4 is 18.9 Å². The number of halogens is 1. The number of carbonyl (C=O) groups excluding carboxylic acids is 1. The van der Waals surface area contributed by atoms with Gasteiger partial charge in [-0.1, -0.05) is 11.6 Å². The summed E-state index contributed by atoms with van der Waals surface area (Å²) in [6, 6.07) is 7.00. The van der Waals surface area contributed by atoms with Crippen molar-refractivity contribution in [2.24, 2.45) is 0 Å². The van der Waals surface area contributed by atoms with Crippen LogP contribution in [0.1, 0.15) is 17.3 Å². The Labute approximate surface area is 156 Å². The molecule has 0 radical (unpaired) electrons. The zero-order valence-corrected chi connectivity index (χ0v) is 16.2. The minimum atomic E-state index is -4.09. The molecule has 0 aromatic heterocycles. The fourth-order valence-electron chi connectivity index (χ4n) is 2.31. The van der Waals surface area contributed by atoms with E-state index in [1.165, 1.54) is 58.6 Å². The van der Waals surface area contributed by atoms with Crippen molar-refractivity contribution in [1.29, 1.82) is 0 Å². The smallest absolute Gasteiger partial charge is 0.265 e. The molecule has 0 aliphatic carbocycles. The van der Waals surface area contributed by atoms with Crippen LogP contribution in [-0.4, -0.2) is 35.5 Å². The number of hydrogen-bond acceptors (Lipinski definition) is 6. The number of anilines is 1. The van der Waals surface area contributed by atoms with E-state index in [0.29, 0.717) is 5.75 Å². The van der Waals surface area contributed by atoms with Gasteiger partial charge in [-0.25, -0.2) is 8.42 Å². The summed E-state index contributed by atoms with van der Waals surface area (Å²) in [5.74, 6) is 0.350. The fourth-order valence-corrected chi connectivity index (χ4v) is 3.82. The summed E-state index contributed by atoms with van der Waals surface area (Å²) in [6.45, 7) is 1.32. The van der Waals surface area contributed by atoms with E-state index in [2.05, 4.69) is 4.72 Å². The van der Waals surface area contributed by atoms with Crippen LogP contribution >= 0.6 is 11.6 Å². The molecule has 0 aliphatic rings. The third-order valence-corrected chi connectivity index (χ3v) is 5.18. The molecule has 0 atom stereocenters. The molecule has 0 heterocycles. The maximum atomic E-state index is 12.8. The number of ketones is 1. The molecule has 0 fully saturated rings. The molecule has 26 heavy (non-hydrogen) atoms. The highest BCUT2D eigenvalue weighted by molar-refractivity contribution is 7.92. The van der Waals surface area contributed by atoms with E-state index in [0.717, 1.165) is 0 Å². The van der Waals surface area contributed by atoms with Crippen LogP contribution in [0.5, 0.6) is 17.2 Å². The van der Waals surface area contributed by atoms with Crippen LogP contribution in [0, 0.1) is 0 Å². The van der Waals surface area contributed by atoms with Gasteiger partial charge in [-0.2, -0.15) is 0 Å². The number of hydrogen-bond donors (Lipinski definition) is 1.